The van der Waals surface area contributed by atoms with Crippen LogP contribution < -0.4 is 5.56 Å². The van der Waals surface area contributed by atoms with Crippen LogP contribution in [0.3, 0.4) is 0 Å². The van der Waals surface area contributed by atoms with Gasteiger partial charge in [0.2, 0.25) is 0 Å². The number of aromatic nitrogens is 2. The topological polar surface area (TPSA) is 52.0 Å². The van der Waals surface area contributed by atoms with Crippen LogP contribution in [0.5, 0.6) is 0 Å². The van der Waals surface area contributed by atoms with E-state index in [-0.39, 0.29) is 16.6 Å². The molecule has 0 bridgehead atoms. The lowest BCUT2D eigenvalue weighted by molar-refractivity contribution is -0.119. The number of nitrogens with zero attached hydrogens (tertiary/aromatic N) is 2. The number of halogens is 1. The highest BCUT2D eigenvalue weighted by Gasteiger charge is 2.25. The number of ketones is 1. The molecule has 2 aromatic rings. The third kappa shape index (κ3) is 3.45. The van der Waals surface area contributed by atoms with Gasteiger partial charge in [0.25, 0.3) is 5.56 Å². The van der Waals surface area contributed by atoms with E-state index in [4.69, 9.17) is 11.6 Å². The van der Waals surface area contributed by atoms with E-state index >= 15 is 0 Å². The second kappa shape index (κ2) is 7.05. The Morgan fingerprint density at radius 2 is 2.17 bits per heavy atom. The van der Waals surface area contributed by atoms with Gasteiger partial charge in [0.05, 0.1) is 16.2 Å². The molecule has 23 heavy (non-hydrogen) atoms. The van der Waals surface area contributed by atoms with E-state index in [0.717, 1.165) is 25.7 Å². The Morgan fingerprint density at radius 1 is 1.35 bits per heavy atom. The summed E-state index contributed by atoms with van der Waals surface area (Å²) in [6.07, 6.45) is 4.36. The Morgan fingerprint density at radius 3 is 2.91 bits per heavy atom. The van der Waals surface area contributed by atoms with E-state index in [1.807, 2.05) is 6.92 Å². The predicted molar refractivity (Wildman–Crippen MR) is 94.4 cm³/mol. The minimum absolute atomic E-state index is 0.0562. The number of hydrogen-bond acceptors (Lipinski definition) is 4. The Balaban J connectivity index is 2.07. The van der Waals surface area contributed by atoms with Gasteiger partial charge in [-0.1, -0.05) is 36.7 Å². The van der Waals surface area contributed by atoms with Crippen molar-refractivity contribution in [1.29, 1.82) is 0 Å². The van der Waals surface area contributed by atoms with Crippen LogP contribution >= 0.6 is 23.4 Å². The van der Waals surface area contributed by atoms with Crippen molar-refractivity contribution in [3.8, 4) is 0 Å². The number of Topliss-reactive ketones (excluding diaryl/α,β-unsaturated/α-hetero) is 1. The summed E-state index contributed by atoms with van der Waals surface area (Å²) < 4.78 is 1.70. The van der Waals surface area contributed by atoms with Crippen molar-refractivity contribution in [3.63, 3.8) is 0 Å². The maximum atomic E-state index is 12.8. The third-order valence-electron chi connectivity index (χ3n) is 4.08. The van der Waals surface area contributed by atoms with Crippen molar-refractivity contribution in [3.05, 3.63) is 33.6 Å². The quantitative estimate of drug-likeness (QED) is 0.780. The molecule has 0 amide bonds. The fourth-order valence-corrected chi connectivity index (χ4v) is 4.29. The highest BCUT2D eigenvalue weighted by atomic mass is 35.5. The SMILES string of the molecule is CCCn1c(S[C@H]2CCCCC2=O)nc2cc(Cl)ccc2c1=O. The summed E-state index contributed by atoms with van der Waals surface area (Å²) in [5.41, 5.74) is 0.542. The molecule has 4 nitrogen and oxygen atoms in total. The van der Waals surface area contributed by atoms with Crippen LogP contribution in [-0.4, -0.2) is 20.6 Å². The molecule has 3 rings (SSSR count). The molecule has 1 saturated carbocycles. The number of fused-ring (bicyclic) bond motifs is 1. The van der Waals surface area contributed by atoms with Crippen LogP contribution in [0.1, 0.15) is 39.0 Å². The molecule has 1 aromatic heterocycles. The van der Waals surface area contributed by atoms with Crippen molar-refractivity contribution in [2.24, 2.45) is 0 Å². The van der Waals surface area contributed by atoms with Crippen molar-refractivity contribution >= 4 is 40.0 Å². The van der Waals surface area contributed by atoms with Gasteiger partial charge in [0.1, 0.15) is 5.78 Å². The van der Waals surface area contributed by atoms with E-state index in [1.54, 1.807) is 22.8 Å². The van der Waals surface area contributed by atoms with Gasteiger partial charge in [-0.2, -0.15) is 0 Å². The van der Waals surface area contributed by atoms with Crippen LogP contribution in [0.25, 0.3) is 10.9 Å². The lowest BCUT2D eigenvalue weighted by Crippen LogP contribution is -2.27. The maximum absolute atomic E-state index is 12.8. The van der Waals surface area contributed by atoms with Gasteiger partial charge in [-0.25, -0.2) is 4.98 Å². The fourth-order valence-electron chi connectivity index (χ4n) is 2.89. The highest BCUT2D eigenvalue weighted by Crippen LogP contribution is 2.31. The van der Waals surface area contributed by atoms with Gasteiger partial charge in [-0.3, -0.25) is 14.2 Å². The summed E-state index contributed by atoms with van der Waals surface area (Å²) in [7, 11) is 0. The Labute approximate surface area is 144 Å². The Hall–Kier alpha value is -1.33. The molecule has 1 heterocycles. The molecule has 6 heteroatoms. The summed E-state index contributed by atoms with van der Waals surface area (Å²) in [6, 6.07) is 5.14. The van der Waals surface area contributed by atoms with Crippen molar-refractivity contribution in [2.75, 3.05) is 0 Å². The molecule has 0 unspecified atom stereocenters. The van der Waals surface area contributed by atoms with Gasteiger partial charge in [-0.15, -0.1) is 0 Å². The third-order valence-corrected chi connectivity index (χ3v) is 5.62. The molecule has 122 valence electrons. The van der Waals surface area contributed by atoms with Crippen LogP contribution in [0.15, 0.2) is 28.2 Å². The standard InChI is InChI=1S/C17H19ClN2O2S/c1-2-9-20-16(22)12-8-7-11(18)10-13(12)19-17(20)23-15-6-4-3-5-14(15)21/h7-8,10,15H,2-6,9H2,1H3/t15-/m0/s1. The largest absolute Gasteiger partial charge is 0.298 e. The lowest BCUT2D eigenvalue weighted by atomic mass is 9.99. The zero-order valence-corrected chi connectivity index (χ0v) is 14.6. The predicted octanol–water partition coefficient (Wildman–Crippen LogP) is 4.06. The van der Waals surface area contributed by atoms with Crippen LogP contribution in [0, 0.1) is 0 Å². The minimum atomic E-state index is -0.0876. The number of hydrogen-bond donors (Lipinski definition) is 0. The van der Waals surface area contributed by atoms with Crippen LogP contribution in [0.4, 0.5) is 0 Å². The maximum Gasteiger partial charge on any atom is 0.262 e. The molecule has 0 spiro atoms. The summed E-state index contributed by atoms with van der Waals surface area (Å²) in [5.74, 6) is 0.268. The molecule has 1 aromatic carbocycles. The molecule has 0 N–H and O–H groups in total. The molecule has 0 aliphatic heterocycles. The van der Waals surface area contributed by atoms with Crippen molar-refractivity contribution in [2.45, 2.75) is 56.0 Å². The molecule has 0 radical (unpaired) electrons. The van der Waals surface area contributed by atoms with Crippen LogP contribution in [0.2, 0.25) is 5.02 Å². The van der Waals surface area contributed by atoms with E-state index < -0.39 is 0 Å². The number of thioether (sulfide) groups is 1. The first kappa shape index (κ1) is 16.5. The summed E-state index contributed by atoms with van der Waals surface area (Å²) in [4.78, 5) is 29.5. The molecular weight excluding hydrogens is 332 g/mol. The fraction of sp³-hybridized carbons (Fsp3) is 0.471. The number of carbonyl (C=O) groups is 1. The minimum Gasteiger partial charge on any atom is -0.298 e. The molecule has 1 aliphatic rings. The van der Waals surface area contributed by atoms with Gasteiger partial charge in [-0.05, 0) is 37.5 Å². The average Bonchev–Trinajstić information content (AvgIpc) is 2.53. The van der Waals surface area contributed by atoms with E-state index in [1.165, 1.54) is 11.8 Å². The zero-order valence-electron chi connectivity index (χ0n) is 13.0. The zero-order chi connectivity index (χ0) is 16.4. The average molecular weight is 351 g/mol. The van der Waals surface area contributed by atoms with E-state index in [9.17, 15) is 9.59 Å². The number of rotatable bonds is 4. The van der Waals surface area contributed by atoms with Crippen molar-refractivity contribution < 1.29 is 4.79 Å². The monoisotopic (exact) mass is 350 g/mol. The number of benzene rings is 1. The molecule has 1 fully saturated rings. The smallest absolute Gasteiger partial charge is 0.262 e. The Kier molecular flexibility index (Phi) is 5.07. The first-order chi connectivity index (χ1) is 11.1. The molecular formula is C17H19ClN2O2S. The molecule has 1 aliphatic carbocycles. The van der Waals surface area contributed by atoms with Crippen LogP contribution in [-0.2, 0) is 11.3 Å². The van der Waals surface area contributed by atoms with E-state index in [0.29, 0.717) is 34.0 Å². The normalized spacial score (nSPS) is 18.5. The van der Waals surface area contributed by atoms with Gasteiger partial charge < -0.3 is 0 Å². The molecule has 0 saturated heterocycles. The summed E-state index contributed by atoms with van der Waals surface area (Å²) in [6.45, 7) is 2.63. The lowest BCUT2D eigenvalue weighted by Gasteiger charge is -2.21. The number of carbonyl (C=O) groups excluding carboxylic acids is 1. The molecule has 1 atom stereocenters. The van der Waals surface area contributed by atoms with Crippen molar-refractivity contribution in [1.82, 2.24) is 9.55 Å². The second-order valence-corrected chi connectivity index (χ2v) is 7.44. The van der Waals surface area contributed by atoms with Gasteiger partial charge in [0, 0.05) is 18.0 Å². The first-order valence-electron chi connectivity index (χ1n) is 7.99. The van der Waals surface area contributed by atoms with Gasteiger partial charge in [0.15, 0.2) is 5.16 Å². The van der Waals surface area contributed by atoms with Gasteiger partial charge >= 0.3 is 0 Å². The van der Waals surface area contributed by atoms with E-state index in [2.05, 4.69) is 4.98 Å². The second-order valence-electron chi connectivity index (χ2n) is 5.83. The highest BCUT2D eigenvalue weighted by molar-refractivity contribution is 8.00. The summed E-state index contributed by atoms with van der Waals surface area (Å²) >= 11 is 7.46. The summed E-state index contributed by atoms with van der Waals surface area (Å²) in [5, 5.41) is 1.67. The Bertz CT molecular complexity index is 803. The first-order valence-corrected chi connectivity index (χ1v) is 9.25.